The van der Waals surface area contributed by atoms with Crippen molar-refractivity contribution < 1.29 is 13.2 Å². The molecule has 0 unspecified atom stereocenters. The maximum atomic E-state index is 13.0. The Bertz CT molecular complexity index is 662. The molecule has 0 amide bonds. The van der Waals surface area contributed by atoms with Crippen LogP contribution in [0.3, 0.4) is 0 Å². The Hall–Kier alpha value is -0.920. The molecule has 1 aromatic rings. The van der Waals surface area contributed by atoms with Crippen LogP contribution in [0.15, 0.2) is 11.1 Å². The van der Waals surface area contributed by atoms with Crippen LogP contribution in [0.1, 0.15) is 43.7 Å². The van der Waals surface area contributed by atoms with E-state index < -0.39 is 10.0 Å². The molecular formula is C15H23N3O3S. The van der Waals surface area contributed by atoms with Crippen LogP contribution >= 0.6 is 0 Å². The summed E-state index contributed by atoms with van der Waals surface area (Å²) in [5, 5.41) is 4.47. The highest BCUT2D eigenvalue weighted by Crippen LogP contribution is 2.43. The second-order valence-electron chi connectivity index (χ2n) is 7.11. The zero-order valence-electron chi connectivity index (χ0n) is 13.0. The molecule has 1 aromatic heterocycles. The zero-order chi connectivity index (χ0) is 15.4. The number of aromatic nitrogens is 2. The summed E-state index contributed by atoms with van der Waals surface area (Å²) in [6, 6.07) is 0. The van der Waals surface area contributed by atoms with Gasteiger partial charge in [-0.25, -0.2) is 8.42 Å². The van der Waals surface area contributed by atoms with E-state index in [4.69, 9.17) is 4.74 Å². The number of sulfonamides is 1. The zero-order valence-corrected chi connectivity index (χ0v) is 13.8. The van der Waals surface area contributed by atoms with E-state index >= 15 is 0 Å². The number of aryl methyl sites for hydroxylation is 1. The summed E-state index contributed by atoms with van der Waals surface area (Å²) in [4.78, 5) is 0.427. The van der Waals surface area contributed by atoms with Crippen molar-refractivity contribution >= 4 is 10.0 Å². The molecule has 0 radical (unpaired) electrons. The van der Waals surface area contributed by atoms with Gasteiger partial charge in [-0.05, 0) is 19.3 Å². The molecule has 3 aliphatic rings. The molecule has 2 aliphatic heterocycles. The van der Waals surface area contributed by atoms with Gasteiger partial charge in [0.05, 0.1) is 12.3 Å². The lowest BCUT2D eigenvalue weighted by Gasteiger charge is -2.45. The van der Waals surface area contributed by atoms with Gasteiger partial charge >= 0.3 is 0 Å². The first-order valence-electron chi connectivity index (χ1n) is 8.12. The normalized spacial score (nSPS) is 25.9. The maximum Gasteiger partial charge on any atom is 0.246 e. The summed E-state index contributed by atoms with van der Waals surface area (Å²) < 4.78 is 34.7. The Morgan fingerprint density at radius 1 is 1.32 bits per heavy atom. The fourth-order valence-electron chi connectivity index (χ4n) is 4.07. The van der Waals surface area contributed by atoms with Crippen molar-refractivity contribution in [1.82, 2.24) is 14.1 Å². The first-order chi connectivity index (χ1) is 10.5. The number of hydrogen-bond donors (Lipinski definition) is 0. The number of hydrogen-bond acceptors (Lipinski definition) is 4. The van der Waals surface area contributed by atoms with Crippen LogP contribution in [0.4, 0.5) is 0 Å². The van der Waals surface area contributed by atoms with Gasteiger partial charge in [-0.2, -0.15) is 9.40 Å². The number of ether oxygens (including phenoxy) is 1. The van der Waals surface area contributed by atoms with Gasteiger partial charge in [0.15, 0.2) is 0 Å². The molecule has 22 heavy (non-hydrogen) atoms. The van der Waals surface area contributed by atoms with Crippen molar-refractivity contribution in [3.8, 4) is 0 Å². The van der Waals surface area contributed by atoms with Gasteiger partial charge in [0.2, 0.25) is 10.0 Å². The van der Waals surface area contributed by atoms with Crippen LogP contribution < -0.4 is 0 Å². The topological polar surface area (TPSA) is 64.4 Å². The molecule has 2 saturated heterocycles. The van der Waals surface area contributed by atoms with E-state index in [1.54, 1.807) is 22.2 Å². The van der Waals surface area contributed by atoms with Gasteiger partial charge < -0.3 is 4.74 Å². The Labute approximate surface area is 131 Å². The molecular weight excluding hydrogens is 302 g/mol. The summed E-state index contributed by atoms with van der Waals surface area (Å²) in [7, 11) is -1.61. The summed E-state index contributed by atoms with van der Waals surface area (Å²) in [6.07, 6.45) is 7.10. The minimum atomic E-state index is -3.42. The first kappa shape index (κ1) is 14.7. The molecule has 7 heteroatoms. The quantitative estimate of drug-likeness (QED) is 0.844. The van der Waals surface area contributed by atoms with Crippen molar-refractivity contribution in [2.75, 3.05) is 26.3 Å². The largest absolute Gasteiger partial charge is 0.381 e. The lowest BCUT2D eigenvalue weighted by atomic mass is 9.81. The van der Waals surface area contributed by atoms with Gasteiger partial charge in [-0.1, -0.05) is 12.8 Å². The lowest BCUT2D eigenvalue weighted by Crippen LogP contribution is -2.58. The highest BCUT2D eigenvalue weighted by atomic mass is 32.2. The summed E-state index contributed by atoms with van der Waals surface area (Å²) in [5.74, 6) is 0.302. The molecule has 0 aromatic carbocycles. The second-order valence-corrected chi connectivity index (χ2v) is 9.02. The van der Waals surface area contributed by atoms with Crippen molar-refractivity contribution in [2.24, 2.45) is 12.5 Å². The molecule has 3 heterocycles. The highest BCUT2D eigenvalue weighted by Gasteiger charge is 2.51. The van der Waals surface area contributed by atoms with Gasteiger partial charge in [0.1, 0.15) is 4.90 Å². The molecule has 0 bridgehead atoms. The van der Waals surface area contributed by atoms with E-state index in [-0.39, 0.29) is 5.41 Å². The van der Waals surface area contributed by atoms with E-state index in [1.165, 1.54) is 12.8 Å². The van der Waals surface area contributed by atoms with Gasteiger partial charge in [-0.3, -0.25) is 4.68 Å². The summed E-state index contributed by atoms with van der Waals surface area (Å²) >= 11 is 0. The second kappa shape index (κ2) is 5.04. The Kier molecular flexibility index (Phi) is 3.36. The highest BCUT2D eigenvalue weighted by molar-refractivity contribution is 7.89. The minimum Gasteiger partial charge on any atom is -0.381 e. The van der Waals surface area contributed by atoms with E-state index in [0.29, 0.717) is 30.5 Å². The molecule has 122 valence electrons. The fraction of sp³-hybridized carbons (Fsp3) is 0.800. The fourth-order valence-corrected chi connectivity index (χ4v) is 6.00. The molecule has 1 saturated carbocycles. The van der Waals surface area contributed by atoms with E-state index in [1.807, 2.05) is 0 Å². The SMILES string of the molecule is Cn1cc(S(=O)(=O)N2CC3(CCOC3)C2)c(C2CCCC2)n1. The first-order valence-corrected chi connectivity index (χ1v) is 9.56. The Morgan fingerprint density at radius 3 is 2.68 bits per heavy atom. The van der Waals surface area contributed by atoms with Gasteiger partial charge in [-0.15, -0.1) is 0 Å². The number of rotatable bonds is 3. The van der Waals surface area contributed by atoms with Crippen molar-refractivity contribution in [1.29, 1.82) is 0 Å². The third-order valence-electron chi connectivity index (χ3n) is 5.39. The van der Waals surface area contributed by atoms with Crippen molar-refractivity contribution in [2.45, 2.75) is 42.9 Å². The number of nitrogens with zero attached hydrogens (tertiary/aromatic N) is 3. The smallest absolute Gasteiger partial charge is 0.246 e. The Balaban J connectivity index is 1.61. The average Bonchev–Trinajstić information content (AvgIpc) is 3.16. The molecule has 4 rings (SSSR count). The van der Waals surface area contributed by atoms with Crippen molar-refractivity contribution in [3.63, 3.8) is 0 Å². The van der Waals surface area contributed by atoms with Crippen LogP contribution in [0.25, 0.3) is 0 Å². The molecule has 6 nitrogen and oxygen atoms in total. The molecule has 1 aliphatic carbocycles. The molecule has 3 fully saturated rings. The summed E-state index contributed by atoms with van der Waals surface area (Å²) in [6.45, 7) is 2.64. The summed E-state index contributed by atoms with van der Waals surface area (Å²) in [5.41, 5.74) is 0.853. The van der Waals surface area contributed by atoms with Crippen LogP contribution in [0.2, 0.25) is 0 Å². The van der Waals surface area contributed by atoms with Gasteiger partial charge in [0, 0.05) is 44.3 Å². The predicted octanol–water partition coefficient (Wildman–Crippen LogP) is 1.49. The standard InChI is InChI=1S/C15H23N3O3S/c1-17-8-13(14(16-17)12-4-2-3-5-12)22(19,20)18-9-15(10-18)6-7-21-11-15/h8,12H,2-7,9-11H2,1H3. The van der Waals surface area contributed by atoms with Gasteiger partial charge in [0.25, 0.3) is 0 Å². The average molecular weight is 325 g/mol. The predicted molar refractivity (Wildman–Crippen MR) is 81.0 cm³/mol. The minimum absolute atomic E-state index is 0.0722. The maximum absolute atomic E-state index is 13.0. The molecule has 1 spiro atoms. The van der Waals surface area contributed by atoms with E-state index in [9.17, 15) is 8.42 Å². The van der Waals surface area contributed by atoms with Crippen LogP contribution in [0, 0.1) is 5.41 Å². The molecule has 0 N–H and O–H groups in total. The van der Waals surface area contributed by atoms with E-state index in [2.05, 4.69) is 5.10 Å². The lowest BCUT2D eigenvalue weighted by molar-refractivity contribution is 0.0512. The van der Waals surface area contributed by atoms with Crippen LogP contribution in [0.5, 0.6) is 0 Å². The van der Waals surface area contributed by atoms with Crippen LogP contribution in [-0.4, -0.2) is 48.8 Å². The monoisotopic (exact) mass is 325 g/mol. The third-order valence-corrected chi connectivity index (χ3v) is 7.20. The van der Waals surface area contributed by atoms with Crippen molar-refractivity contribution in [3.05, 3.63) is 11.9 Å². The third kappa shape index (κ3) is 2.21. The van der Waals surface area contributed by atoms with Crippen LogP contribution in [-0.2, 0) is 21.8 Å². The Morgan fingerprint density at radius 2 is 2.05 bits per heavy atom. The molecule has 0 atom stereocenters. The van der Waals surface area contributed by atoms with E-state index in [0.717, 1.165) is 31.6 Å².